The van der Waals surface area contributed by atoms with E-state index in [0.717, 1.165) is 25.7 Å². The number of rotatable bonds is 9. The van der Waals surface area contributed by atoms with E-state index < -0.39 is 17.8 Å². The molecule has 0 aromatic heterocycles. The molecule has 0 spiro atoms. The van der Waals surface area contributed by atoms with E-state index in [1.165, 1.54) is 19.3 Å². The summed E-state index contributed by atoms with van der Waals surface area (Å²) < 4.78 is 5.31. The Morgan fingerprint density at radius 1 is 1.14 bits per heavy atom. The lowest BCUT2D eigenvalue weighted by atomic mass is 9.79. The van der Waals surface area contributed by atoms with Gasteiger partial charge in [-0.1, -0.05) is 46.0 Å². The van der Waals surface area contributed by atoms with Gasteiger partial charge >= 0.3 is 11.9 Å². The van der Waals surface area contributed by atoms with E-state index in [1.807, 2.05) is 0 Å². The van der Waals surface area contributed by atoms with Gasteiger partial charge in [0.15, 0.2) is 0 Å². The Balaban J connectivity index is 2.24. The van der Waals surface area contributed by atoms with E-state index in [4.69, 9.17) is 4.74 Å². The van der Waals surface area contributed by atoms with E-state index >= 15 is 0 Å². The van der Waals surface area contributed by atoms with Gasteiger partial charge in [-0.3, -0.25) is 9.59 Å². The van der Waals surface area contributed by atoms with Crippen LogP contribution in [0.5, 0.6) is 0 Å². The predicted octanol–water partition coefficient (Wildman–Crippen LogP) is 4.03. The monoisotopic (exact) mass is 298 g/mol. The number of carboxylic acids is 1. The van der Waals surface area contributed by atoms with Gasteiger partial charge in [0.2, 0.25) is 0 Å². The number of unbranched alkanes of at least 4 members (excludes halogenated alkanes) is 1. The molecule has 4 nitrogen and oxygen atoms in total. The van der Waals surface area contributed by atoms with Gasteiger partial charge in [-0.15, -0.1) is 0 Å². The molecule has 122 valence electrons. The van der Waals surface area contributed by atoms with Crippen molar-refractivity contribution < 1.29 is 19.4 Å². The van der Waals surface area contributed by atoms with Crippen LogP contribution in [0.25, 0.3) is 0 Å². The zero-order valence-corrected chi connectivity index (χ0v) is 13.5. The van der Waals surface area contributed by atoms with Crippen LogP contribution in [0, 0.1) is 17.8 Å². The number of aliphatic carboxylic acids is 1. The highest BCUT2D eigenvalue weighted by Gasteiger charge is 2.36. The molecule has 0 heterocycles. The molecule has 0 saturated heterocycles. The summed E-state index contributed by atoms with van der Waals surface area (Å²) in [7, 11) is 0. The smallest absolute Gasteiger partial charge is 0.309 e. The van der Waals surface area contributed by atoms with Gasteiger partial charge in [0.25, 0.3) is 0 Å². The Morgan fingerprint density at radius 3 is 2.38 bits per heavy atom. The van der Waals surface area contributed by atoms with Gasteiger partial charge in [-0.05, 0) is 31.6 Å². The van der Waals surface area contributed by atoms with Crippen LogP contribution in [0.3, 0.4) is 0 Å². The minimum atomic E-state index is -0.857. The predicted molar refractivity (Wildman–Crippen MR) is 82.0 cm³/mol. The van der Waals surface area contributed by atoms with Crippen molar-refractivity contribution in [2.75, 3.05) is 6.61 Å². The molecular formula is C17H30O4. The first-order chi connectivity index (χ1) is 10.1. The van der Waals surface area contributed by atoms with Crippen molar-refractivity contribution in [3.8, 4) is 0 Å². The lowest BCUT2D eigenvalue weighted by molar-refractivity contribution is -0.159. The molecule has 1 aliphatic rings. The van der Waals surface area contributed by atoms with Crippen LogP contribution in [-0.4, -0.2) is 23.7 Å². The third kappa shape index (κ3) is 6.49. The molecule has 0 amide bonds. The number of hydrogen-bond donors (Lipinski definition) is 1. The second-order valence-corrected chi connectivity index (χ2v) is 6.39. The third-order valence-corrected chi connectivity index (χ3v) is 4.52. The SMILES string of the molecule is CCCCC(C)CCCOC(=O)[C@H]1CCCC[C@H]1C(=O)O. The highest BCUT2D eigenvalue weighted by molar-refractivity contribution is 5.81. The Kier molecular flexibility index (Phi) is 8.40. The standard InChI is InChI=1S/C17H30O4/c1-3-4-8-13(2)9-7-12-21-17(20)15-11-6-5-10-14(15)16(18)19/h13-15H,3-12H2,1-2H3,(H,18,19)/t13?,14-,15+/m1/s1. The molecule has 1 N–H and O–H groups in total. The van der Waals surface area contributed by atoms with Crippen molar-refractivity contribution in [1.82, 2.24) is 0 Å². The number of carboxylic acid groups (broad SMARTS) is 1. The molecule has 1 aliphatic carbocycles. The summed E-state index contributed by atoms with van der Waals surface area (Å²) in [6.07, 6.45) is 8.73. The molecule has 0 aliphatic heterocycles. The van der Waals surface area contributed by atoms with Crippen molar-refractivity contribution in [2.24, 2.45) is 17.8 Å². The fourth-order valence-electron chi connectivity index (χ4n) is 3.12. The van der Waals surface area contributed by atoms with Crippen molar-refractivity contribution in [3.05, 3.63) is 0 Å². The van der Waals surface area contributed by atoms with Gasteiger partial charge in [0.1, 0.15) is 0 Å². The summed E-state index contributed by atoms with van der Waals surface area (Å²) in [5.41, 5.74) is 0. The molecule has 1 rings (SSSR count). The molecule has 0 radical (unpaired) electrons. The van der Waals surface area contributed by atoms with Crippen LogP contribution in [0.15, 0.2) is 0 Å². The van der Waals surface area contributed by atoms with Gasteiger partial charge in [-0.25, -0.2) is 0 Å². The van der Waals surface area contributed by atoms with E-state index in [-0.39, 0.29) is 5.97 Å². The van der Waals surface area contributed by atoms with E-state index in [1.54, 1.807) is 0 Å². The van der Waals surface area contributed by atoms with Crippen molar-refractivity contribution in [1.29, 1.82) is 0 Å². The average Bonchev–Trinajstić information content (AvgIpc) is 2.49. The lowest BCUT2D eigenvalue weighted by Crippen LogP contribution is -2.34. The first-order valence-corrected chi connectivity index (χ1v) is 8.45. The summed E-state index contributed by atoms with van der Waals surface area (Å²) in [5, 5.41) is 9.18. The molecule has 1 fully saturated rings. The van der Waals surface area contributed by atoms with Crippen LogP contribution >= 0.6 is 0 Å². The highest BCUT2D eigenvalue weighted by Crippen LogP contribution is 2.31. The average molecular weight is 298 g/mol. The van der Waals surface area contributed by atoms with E-state index in [2.05, 4.69) is 13.8 Å². The number of carbonyl (C=O) groups excluding carboxylic acids is 1. The molecule has 21 heavy (non-hydrogen) atoms. The quantitative estimate of drug-likeness (QED) is 0.515. The second-order valence-electron chi connectivity index (χ2n) is 6.39. The number of hydrogen-bond acceptors (Lipinski definition) is 3. The van der Waals surface area contributed by atoms with Crippen LogP contribution in [0.4, 0.5) is 0 Å². The van der Waals surface area contributed by atoms with Gasteiger partial charge < -0.3 is 9.84 Å². The summed E-state index contributed by atoms with van der Waals surface area (Å²) in [5.74, 6) is -1.47. The maximum atomic E-state index is 12.0. The van der Waals surface area contributed by atoms with Crippen LogP contribution in [-0.2, 0) is 14.3 Å². The maximum absolute atomic E-state index is 12.0. The van der Waals surface area contributed by atoms with Gasteiger partial charge in [0, 0.05) is 0 Å². The molecule has 0 bridgehead atoms. The van der Waals surface area contributed by atoms with Gasteiger partial charge in [-0.2, -0.15) is 0 Å². The first kappa shape index (κ1) is 18.0. The van der Waals surface area contributed by atoms with Crippen LogP contribution in [0.1, 0.15) is 71.6 Å². The fourth-order valence-corrected chi connectivity index (χ4v) is 3.12. The Hall–Kier alpha value is -1.06. The molecule has 3 atom stereocenters. The normalized spacial score (nSPS) is 23.5. The van der Waals surface area contributed by atoms with Gasteiger partial charge in [0.05, 0.1) is 18.4 Å². The number of carbonyl (C=O) groups is 2. The maximum Gasteiger partial charge on any atom is 0.309 e. The zero-order valence-electron chi connectivity index (χ0n) is 13.5. The fraction of sp³-hybridized carbons (Fsp3) is 0.882. The minimum absolute atomic E-state index is 0.302. The molecule has 0 aromatic carbocycles. The molecule has 1 unspecified atom stereocenters. The van der Waals surface area contributed by atoms with Crippen molar-refractivity contribution in [2.45, 2.75) is 71.6 Å². The van der Waals surface area contributed by atoms with Crippen molar-refractivity contribution >= 4 is 11.9 Å². The first-order valence-electron chi connectivity index (χ1n) is 8.45. The summed E-state index contributed by atoms with van der Waals surface area (Å²) >= 11 is 0. The number of ether oxygens (including phenoxy) is 1. The Bertz CT molecular complexity index is 327. The molecule has 4 heteroatoms. The molecule has 1 saturated carbocycles. The zero-order chi connectivity index (χ0) is 15.7. The third-order valence-electron chi connectivity index (χ3n) is 4.52. The lowest BCUT2D eigenvalue weighted by Gasteiger charge is -2.26. The largest absolute Gasteiger partial charge is 0.481 e. The minimum Gasteiger partial charge on any atom is -0.481 e. The van der Waals surface area contributed by atoms with Crippen LogP contribution < -0.4 is 0 Å². The summed E-state index contributed by atoms with van der Waals surface area (Å²) in [6, 6.07) is 0. The molecule has 0 aromatic rings. The van der Waals surface area contributed by atoms with Crippen LogP contribution in [0.2, 0.25) is 0 Å². The molecular weight excluding hydrogens is 268 g/mol. The van der Waals surface area contributed by atoms with E-state index in [0.29, 0.717) is 25.4 Å². The highest BCUT2D eigenvalue weighted by atomic mass is 16.5. The topological polar surface area (TPSA) is 63.6 Å². The Morgan fingerprint density at radius 2 is 1.76 bits per heavy atom. The van der Waals surface area contributed by atoms with Crippen molar-refractivity contribution in [3.63, 3.8) is 0 Å². The second kappa shape index (κ2) is 9.80. The summed E-state index contributed by atoms with van der Waals surface area (Å²) in [4.78, 5) is 23.2. The summed E-state index contributed by atoms with van der Waals surface area (Å²) in [6.45, 7) is 4.86. The van der Waals surface area contributed by atoms with E-state index in [9.17, 15) is 14.7 Å². The Labute approximate surface area is 128 Å². The number of esters is 1.